The average molecular weight is 751 g/mol. The predicted molar refractivity (Wildman–Crippen MR) is 191 cm³/mol. The molecule has 6 aliphatic rings. The van der Waals surface area contributed by atoms with Crippen LogP contribution in [0.3, 0.4) is 0 Å². The second-order valence-electron chi connectivity index (χ2n) is 18.4. The van der Waals surface area contributed by atoms with Crippen molar-refractivity contribution in [2.24, 2.45) is 44.8 Å². The fraction of sp³-hybridized carbons (Fsp3) is 0.690. The molecular formula is C42H54O12. The SMILES string of the molecule is COC1=C(C)[C@@]2(C)C[C@@H](O)C3C4([C@@H](C)C[C@@]3(C)C2CC1=O)C12C[C@](C)(C[C@H](OC(C)=O)[C@]1(C)[C@@H](OC(=O)c1ccccc1)[C@@H](OC(C)=O)[C@]4(C)O)C(=O)O2. The number of methoxy groups -OCH3 is 1. The van der Waals surface area contributed by atoms with Crippen molar-refractivity contribution in [2.75, 3.05) is 7.11 Å². The summed E-state index contributed by atoms with van der Waals surface area (Å²) in [5, 5.41) is 26.6. The second kappa shape index (κ2) is 11.9. The van der Waals surface area contributed by atoms with Crippen LogP contribution < -0.4 is 0 Å². The van der Waals surface area contributed by atoms with Crippen molar-refractivity contribution in [3.63, 3.8) is 0 Å². The van der Waals surface area contributed by atoms with E-state index in [1.165, 1.54) is 27.9 Å². The molecule has 7 rings (SSSR count). The summed E-state index contributed by atoms with van der Waals surface area (Å²) in [6, 6.07) is 8.22. The third-order valence-corrected chi connectivity index (χ3v) is 15.7. The zero-order valence-corrected chi connectivity index (χ0v) is 32.9. The van der Waals surface area contributed by atoms with Gasteiger partial charge in [0.2, 0.25) is 0 Å². The second-order valence-corrected chi connectivity index (χ2v) is 18.4. The summed E-state index contributed by atoms with van der Waals surface area (Å²) >= 11 is 0. The highest BCUT2D eigenvalue weighted by molar-refractivity contribution is 5.96. The number of ketones is 1. The molecule has 4 unspecified atom stereocenters. The molecule has 5 aliphatic carbocycles. The van der Waals surface area contributed by atoms with Gasteiger partial charge in [-0.1, -0.05) is 39.0 Å². The Morgan fingerprint density at radius 1 is 0.889 bits per heavy atom. The number of hydrogen-bond acceptors (Lipinski definition) is 12. The zero-order valence-electron chi connectivity index (χ0n) is 32.9. The minimum Gasteiger partial charge on any atom is -0.493 e. The molecule has 2 spiro atoms. The van der Waals surface area contributed by atoms with Gasteiger partial charge in [0.05, 0.1) is 35.0 Å². The number of esters is 4. The third-order valence-electron chi connectivity index (χ3n) is 15.7. The van der Waals surface area contributed by atoms with Crippen LogP contribution in [0.5, 0.6) is 0 Å². The van der Waals surface area contributed by atoms with Crippen molar-refractivity contribution in [1.82, 2.24) is 0 Å². The van der Waals surface area contributed by atoms with Crippen LogP contribution in [0.4, 0.5) is 0 Å². The molecule has 4 saturated carbocycles. The summed E-state index contributed by atoms with van der Waals surface area (Å²) in [7, 11) is 1.47. The van der Waals surface area contributed by atoms with E-state index >= 15 is 0 Å². The van der Waals surface area contributed by atoms with Crippen molar-refractivity contribution < 1.29 is 57.9 Å². The van der Waals surface area contributed by atoms with E-state index < -0.39 is 98.4 Å². The topological polar surface area (TPSA) is 172 Å². The van der Waals surface area contributed by atoms with Gasteiger partial charge in [0.15, 0.2) is 23.8 Å². The highest BCUT2D eigenvalue weighted by Crippen LogP contribution is 2.83. The number of aliphatic hydroxyl groups excluding tert-OH is 1. The lowest BCUT2D eigenvalue weighted by molar-refractivity contribution is -0.382. The van der Waals surface area contributed by atoms with Crippen molar-refractivity contribution >= 4 is 29.7 Å². The normalized spacial score (nSPS) is 47.6. The van der Waals surface area contributed by atoms with Gasteiger partial charge in [-0.15, -0.1) is 0 Å². The Morgan fingerprint density at radius 3 is 2.11 bits per heavy atom. The first-order valence-corrected chi connectivity index (χ1v) is 19.1. The number of allylic oxidation sites excluding steroid dienone is 2. The maximum absolute atomic E-state index is 14.5. The van der Waals surface area contributed by atoms with Gasteiger partial charge in [-0.05, 0) is 80.9 Å². The molecule has 1 aliphatic heterocycles. The van der Waals surface area contributed by atoms with Crippen LogP contribution in [0, 0.1) is 44.8 Å². The Hall–Kier alpha value is -3.77. The number of carbonyl (C=O) groups excluding carboxylic acids is 5. The van der Waals surface area contributed by atoms with Gasteiger partial charge in [0.25, 0.3) is 0 Å². The first-order chi connectivity index (χ1) is 25.0. The van der Waals surface area contributed by atoms with Crippen LogP contribution in [0.15, 0.2) is 41.7 Å². The summed E-state index contributed by atoms with van der Waals surface area (Å²) in [6.07, 6.45) is -4.60. The van der Waals surface area contributed by atoms with E-state index in [2.05, 4.69) is 0 Å². The molecule has 0 aromatic heterocycles. The van der Waals surface area contributed by atoms with Gasteiger partial charge in [-0.25, -0.2) is 4.79 Å². The minimum absolute atomic E-state index is 0.00587. The first kappa shape index (κ1) is 38.5. The monoisotopic (exact) mass is 750 g/mol. The van der Waals surface area contributed by atoms with Crippen molar-refractivity contribution in [3.05, 3.63) is 47.2 Å². The van der Waals surface area contributed by atoms with Crippen LogP contribution in [0.25, 0.3) is 0 Å². The molecule has 5 fully saturated rings. The van der Waals surface area contributed by atoms with Gasteiger partial charge in [0, 0.05) is 39.0 Å². The zero-order chi connectivity index (χ0) is 39.8. The maximum atomic E-state index is 14.5. The van der Waals surface area contributed by atoms with Gasteiger partial charge >= 0.3 is 23.9 Å². The fourth-order valence-electron chi connectivity index (χ4n) is 13.9. The smallest absolute Gasteiger partial charge is 0.338 e. The first-order valence-electron chi connectivity index (χ1n) is 19.1. The highest BCUT2D eigenvalue weighted by atomic mass is 16.6. The van der Waals surface area contributed by atoms with Crippen LogP contribution in [0.2, 0.25) is 0 Å². The summed E-state index contributed by atoms with van der Waals surface area (Å²) in [6.45, 7) is 15.4. The predicted octanol–water partition coefficient (Wildman–Crippen LogP) is 4.87. The molecule has 0 radical (unpaired) electrons. The van der Waals surface area contributed by atoms with Gasteiger partial charge in [-0.2, -0.15) is 0 Å². The van der Waals surface area contributed by atoms with E-state index in [-0.39, 0.29) is 48.7 Å². The third kappa shape index (κ3) is 4.46. The Bertz CT molecular complexity index is 1850. The molecule has 12 heteroatoms. The number of benzene rings is 1. The Morgan fingerprint density at radius 2 is 1.52 bits per heavy atom. The lowest BCUT2D eigenvalue weighted by Gasteiger charge is -2.73. The summed E-state index contributed by atoms with van der Waals surface area (Å²) in [5.74, 6) is -4.37. The number of fused-ring (bicyclic) bond motifs is 5. The van der Waals surface area contributed by atoms with Crippen LogP contribution in [-0.2, 0) is 42.9 Å². The van der Waals surface area contributed by atoms with Crippen LogP contribution in [-0.4, -0.2) is 82.6 Å². The van der Waals surface area contributed by atoms with Crippen molar-refractivity contribution in [1.29, 1.82) is 0 Å². The van der Waals surface area contributed by atoms with Crippen molar-refractivity contribution in [2.45, 2.75) is 130 Å². The number of Topliss-reactive ketones (excluding diaryl/α,β-unsaturated/α-hetero) is 1. The molecule has 14 atom stereocenters. The summed E-state index contributed by atoms with van der Waals surface area (Å²) < 4.78 is 31.2. The van der Waals surface area contributed by atoms with Crippen LogP contribution >= 0.6 is 0 Å². The molecule has 1 aromatic rings. The molecule has 54 heavy (non-hydrogen) atoms. The Kier molecular flexibility index (Phi) is 8.46. The van der Waals surface area contributed by atoms with Gasteiger partial charge in [0.1, 0.15) is 17.3 Å². The van der Waals surface area contributed by atoms with E-state index in [0.717, 1.165) is 5.57 Å². The quantitative estimate of drug-likeness (QED) is 0.310. The van der Waals surface area contributed by atoms with E-state index in [4.69, 9.17) is 23.7 Å². The van der Waals surface area contributed by atoms with Crippen LogP contribution in [0.1, 0.15) is 105 Å². The number of ether oxygens (including phenoxy) is 5. The molecule has 1 heterocycles. The lowest BCUT2D eigenvalue weighted by atomic mass is 9.33. The summed E-state index contributed by atoms with van der Waals surface area (Å²) in [5.41, 5.74) is -8.98. The molecular weight excluding hydrogens is 696 g/mol. The van der Waals surface area contributed by atoms with Gasteiger partial charge < -0.3 is 33.9 Å². The number of aliphatic hydroxyl groups is 2. The maximum Gasteiger partial charge on any atom is 0.338 e. The molecule has 1 saturated heterocycles. The average Bonchev–Trinajstić information content (AvgIpc) is 3.48. The minimum atomic E-state index is -2.15. The molecule has 0 amide bonds. The molecule has 294 valence electrons. The lowest BCUT2D eigenvalue weighted by Crippen LogP contribution is -2.86. The molecule has 2 bridgehead atoms. The number of rotatable bonds is 5. The molecule has 1 aromatic carbocycles. The van der Waals surface area contributed by atoms with E-state index in [1.54, 1.807) is 44.2 Å². The number of hydrogen-bond donors (Lipinski definition) is 2. The Labute approximate surface area is 316 Å². The largest absolute Gasteiger partial charge is 0.493 e. The number of carbonyl (C=O) groups is 5. The Balaban J connectivity index is 1.54. The van der Waals surface area contributed by atoms with E-state index in [1.807, 2.05) is 27.7 Å². The fourth-order valence-corrected chi connectivity index (χ4v) is 13.9. The van der Waals surface area contributed by atoms with E-state index in [0.29, 0.717) is 6.42 Å². The highest BCUT2D eigenvalue weighted by Gasteiger charge is 2.92. The summed E-state index contributed by atoms with van der Waals surface area (Å²) in [4.78, 5) is 68.5. The van der Waals surface area contributed by atoms with E-state index in [9.17, 15) is 34.2 Å². The standard InChI is InChI=1S/C42H54O12/c1-21-17-38(7)28-16-26(45)30(50-10)22(2)37(28,6)18-27(46)31(38)42(21)40(9,49)33(52-24(4)44)32(53-34(47)25-14-12-11-13-15-25)39(8)29(51-23(3)43)19-36(5)20-41(39,42)54-35(36)48/h11-15,21,27-29,31-33,46,49H,16-20H2,1-10H3/t21-,27+,28?,29-,31?,32-,33+,36-,37+,38-,39+,40-,41?,42?/m0/s1. The molecule has 2 N–H and O–H groups in total. The van der Waals surface area contributed by atoms with Crippen molar-refractivity contribution in [3.8, 4) is 0 Å². The molecule has 12 nitrogen and oxygen atoms in total. The van der Waals surface area contributed by atoms with Gasteiger partial charge in [-0.3, -0.25) is 19.2 Å².